The topological polar surface area (TPSA) is 66.9 Å². The summed E-state index contributed by atoms with van der Waals surface area (Å²) in [5.74, 6) is 0.237. The number of amides is 1. The van der Waals surface area contributed by atoms with E-state index in [1.54, 1.807) is 18.2 Å². The van der Waals surface area contributed by atoms with Crippen LogP contribution in [0.25, 0.3) is 0 Å². The Morgan fingerprint density at radius 1 is 1.23 bits per heavy atom. The zero-order valence-electron chi connectivity index (χ0n) is 13.9. The monoisotopic (exact) mass is 414 g/mol. The Bertz CT molecular complexity index is 950. The number of anilines is 1. The van der Waals surface area contributed by atoms with E-state index in [1.807, 2.05) is 6.07 Å². The Balaban J connectivity index is 1.83. The fourth-order valence-corrected chi connectivity index (χ4v) is 4.49. The standard InChI is InChI=1S/C17H16Cl2N2O4S/c1-20(26(23,24)16-10-12(18)6-7-13(16)19)11-17(22)21-8-9-25-15-5-3-2-4-14(15)21/h2-7,10H,8-9,11H2,1H3. The summed E-state index contributed by atoms with van der Waals surface area (Å²) in [6.07, 6.45) is 0. The molecule has 2 aromatic carbocycles. The first-order chi connectivity index (χ1) is 12.3. The van der Waals surface area contributed by atoms with Gasteiger partial charge in [-0.15, -0.1) is 0 Å². The second kappa shape index (κ2) is 7.44. The Kier molecular flexibility index (Phi) is 5.43. The highest BCUT2D eigenvalue weighted by molar-refractivity contribution is 7.89. The predicted molar refractivity (Wildman–Crippen MR) is 101 cm³/mol. The number of sulfonamides is 1. The van der Waals surface area contributed by atoms with E-state index in [0.29, 0.717) is 24.6 Å². The first kappa shape index (κ1) is 19.0. The fourth-order valence-electron chi connectivity index (χ4n) is 2.63. The van der Waals surface area contributed by atoms with Gasteiger partial charge in [-0.05, 0) is 30.3 Å². The van der Waals surface area contributed by atoms with Gasteiger partial charge in [-0.2, -0.15) is 4.31 Å². The molecule has 0 saturated heterocycles. The molecular formula is C17H16Cl2N2O4S. The number of carbonyl (C=O) groups excluding carboxylic acids is 1. The molecule has 0 fully saturated rings. The van der Waals surface area contributed by atoms with Gasteiger partial charge >= 0.3 is 0 Å². The first-order valence-corrected chi connectivity index (χ1v) is 9.94. The number of nitrogens with zero attached hydrogens (tertiary/aromatic N) is 2. The van der Waals surface area contributed by atoms with Gasteiger partial charge in [-0.3, -0.25) is 4.79 Å². The van der Waals surface area contributed by atoms with Crippen LogP contribution < -0.4 is 9.64 Å². The minimum atomic E-state index is -3.97. The third-order valence-corrected chi connectivity index (χ3v) is 6.49. The smallest absolute Gasteiger partial charge is 0.244 e. The molecule has 3 rings (SSSR count). The number of carbonyl (C=O) groups is 1. The van der Waals surface area contributed by atoms with Crippen molar-refractivity contribution in [3.05, 3.63) is 52.5 Å². The van der Waals surface area contributed by atoms with Gasteiger partial charge in [0, 0.05) is 12.1 Å². The van der Waals surface area contributed by atoms with E-state index >= 15 is 0 Å². The van der Waals surface area contributed by atoms with Crippen molar-refractivity contribution in [1.29, 1.82) is 0 Å². The van der Waals surface area contributed by atoms with Crippen LogP contribution in [0.1, 0.15) is 0 Å². The Labute approximate surface area is 161 Å². The predicted octanol–water partition coefficient (Wildman–Crippen LogP) is 3.04. The largest absolute Gasteiger partial charge is 0.490 e. The highest BCUT2D eigenvalue weighted by Gasteiger charge is 2.29. The molecule has 0 aromatic heterocycles. The van der Waals surface area contributed by atoms with Gasteiger partial charge in [-0.1, -0.05) is 35.3 Å². The summed E-state index contributed by atoms with van der Waals surface area (Å²) in [6.45, 7) is 0.362. The van der Waals surface area contributed by atoms with Crippen molar-refractivity contribution in [1.82, 2.24) is 4.31 Å². The molecule has 1 aliphatic rings. The third-order valence-electron chi connectivity index (χ3n) is 3.97. The van der Waals surface area contributed by atoms with Crippen LogP contribution in [0.4, 0.5) is 5.69 Å². The quantitative estimate of drug-likeness (QED) is 0.770. The summed E-state index contributed by atoms with van der Waals surface area (Å²) in [5.41, 5.74) is 0.621. The number of para-hydroxylation sites is 2. The number of likely N-dealkylation sites (N-methyl/N-ethyl adjacent to an activating group) is 1. The van der Waals surface area contributed by atoms with Crippen molar-refractivity contribution in [3.8, 4) is 5.75 Å². The second-order valence-electron chi connectivity index (χ2n) is 5.70. The van der Waals surface area contributed by atoms with Gasteiger partial charge in [0.25, 0.3) is 0 Å². The van der Waals surface area contributed by atoms with Crippen LogP contribution in [0.3, 0.4) is 0 Å². The van der Waals surface area contributed by atoms with Gasteiger partial charge in [0.2, 0.25) is 15.9 Å². The SMILES string of the molecule is CN(CC(=O)N1CCOc2ccccc21)S(=O)(=O)c1cc(Cl)ccc1Cl. The molecule has 9 heteroatoms. The average Bonchev–Trinajstić information content (AvgIpc) is 2.63. The molecule has 0 radical (unpaired) electrons. The molecule has 138 valence electrons. The molecule has 1 heterocycles. The summed E-state index contributed by atoms with van der Waals surface area (Å²) in [6, 6.07) is 11.3. The zero-order valence-corrected chi connectivity index (χ0v) is 16.2. The van der Waals surface area contributed by atoms with E-state index in [1.165, 1.54) is 30.1 Å². The van der Waals surface area contributed by atoms with Crippen LogP contribution in [-0.4, -0.2) is 45.4 Å². The minimum absolute atomic E-state index is 0.0467. The fraction of sp³-hybridized carbons (Fsp3) is 0.235. The highest BCUT2D eigenvalue weighted by atomic mass is 35.5. The molecule has 2 aromatic rings. The molecule has 6 nitrogen and oxygen atoms in total. The lowest BCUT2D eigenvalue weighted by Gasteiger charge is -2.30. The molecule has 0 N–H and O–H groups in total. The maximum Gasteiger partial charge on any atom is 0.244 e. The van der Waals surface area contributed by atoms with Crippen LogP contribution in [0.2, 0.25) is 10.0 Å². The molecule has 1 aliphatic heterocycles. The molecule has 0 saturated carbocycles. The Morgan fingerprint density at radius 3 is 2.73 bits per heavy atom. The van der Waals surface area contributed by atoms with Crippen molar-refractivity contribution in [2.75, 3.05) is 31.6 Å². The summed E-state index contributed by atoms with van der Waals surface area (Å²) in [7, 11) is -2.63. The van der Waals surface area contributed by atoms with Gasteiger partial charge in [0.1, 0.15) is 17.3 Å². The van der Waals surface area contributed by atoms with Crippen molar-refractivity contribution < 1.29 is 17.9 Å². The van der Waals surface area contributed by atoms with E-state index in [-0.39, 0.29) is 27.4 Å². The average molecular weight is 415 g/mol. The Morgan fingerprint density at radius 2 is 1.96 bits per heavy atom. The summed E-state index contributed by atoms with van der Waals surface area (Å²) < 4.78 is 32.0. The lowest BCUT2D eigenvalue weighted by Crippen LogP contribution is -2.44. The van der Waals surface area contributed by atoms with Crippen LogP contribution in [0.5, 0.6) is 5.75 Å². The maximum absolute atomic E-state index is 12.8. The van der Waals surface area contributed by atoms with Crippen molar-refractivity contribution in [2.24, 2.45) is 0 Å². The minimum Gasteiger partial charge on any atom is -0.490 e. The Hall–Kier alpha value is -1.80. The summed E-state index contributed by atoms with van der Waals surface area (Å²) in [5, 5.41) is 0.292. The number of ether oxygens (including phenoxy) is 1. The van der Waals surface area contributed by atoms with E-state index < -0.39 is 10.0 Å². The van der Waals surface area contributed by atoms with Crippen LogP contribution in [0, 0.1) is 0 Å². The number of rotatable bonds is 4. The first-order valence-electron chi connectivity index (χ1n) is 7.74. The molecule has 26 heavy (non-hydrogen) atoms. The highest BCUT2D eigenvalue weighted by Crippen LogP contribution is 2.31. The summed E-state index contributed by atoms with van der Waals surface area (Å²) in [4.78, 5) is 14.1. The molecular weight excluding hydrogens is 399 g/mol. The van der Waals surface area contributed by atoms with Crippen molar-refractivity contribution in [2.45, 2.75) is 4.90 Å². The van der Waals surface area contributed by atoms with Crippen LogP contribution >= 0.6 is 23.2 Å². The molecule has 0 spiro atoms. The number of halogens is 2. The maximum atomic E-state index is 12.8. The molecule has 1 amide bonds. The zero-order chi connectivity index (χ0) is 18.9. The van der Waals surface area contributed by atoms with E-state index in [4.69, 9.17) is 27.9 Å². The van der Waals surface area contributed by atoms with Gasteiger partial charge < -0.3 is 9.64 Å². The van der Waals surface area contributed by atoms with E-state index in [0.717, 1.165) is 4.31 Å². The molecule has 0 atom stereocenters. The summed E-state index contributed by atoms with van der Waals surface area (Å²) >= 11 is 11.9. The van der Waals surface area contributed by atoms with Gasteiger partial charge in [0.15, 0.2) is 0 Å². The third kappa shape index (κ3) is 3.66. The van der Waals surface area contributed by atoms with Gasteiger partial charge in [-0.25, -0.2) is 8.42 Å². The van der Waals surface area contributed by atoms with Gasteiger partial charge in [0.05, 0.1) is 23.8 Å². The molecule has 0 aliphatic carbocycles. The number of fused-ring (bicyclic) bond motifs is 1. The normalized spacial score (nSPS) is 14.1. The van der Waals surface area contributed by atoms with Crippen LogP contribution in [-0.2, 0) is 14.8 Å². The lowest BCUT2D eigenvalue weighted by molar-refractivity contribution is -0.118. The van der Waals surface area contributed by atoms with E-state index in [2.05, 4.69) is 0 Å². The lowest BCUT2D eigenvalue weighted by atomic mass is 10.2. The molecule has 0 unspecified atom stereocenters. The number of hydrogen-bond donors (Lipinski definition) is 0. The van der Waals surface area contributed by atoms with Crippen molar-refractivity contribution in [3.63, 3.8) is 0 Å². The number of benzene rings is 2. The molecule has 0 bridgehead atoms. The second-order valence-corrected chi connectivity index (χ2v) is 8.55. The number of hydrogen-bond acceptors (Lipinski definition) is 4. The van der Waals surface area contributed by atoms with Crippen molar-refractivity contribution >= 4 is 44.8 Å². The van der Waals surface area contributed by atoms with Crippen LogP contribution in [0.15, 0.2) is 47.4 Å². The van der Waals surface area contributed by atoms with E-state index in [9.17, 15) is 13.2 Å².